The predicted octanol–water partition coefficient (Wildman–Crippen LogP) is 1.38. The van der Waals surface area contributed by atoms with Crippen molar-refractivity contribution in [2.24, 2.45) is 0 Å². The lowest BCUT2D eigenvalue weighted by atomic mass is 10.1. The number of phenolic OH excluding ortho intramolecular Hbond substituents is 1. The van der Waals surface area contributed by atoms with Gasteiger partial charge in [-0.2, -0.15) is 5.10 Å². The highest BCUT2D eigenvalue weighted by atomic mass is 16.5. The fourth-order valence-corrected chi connectivity index (χ4v) is 1.67. The van der Waals surface area contributed by atoms with E-state index in [1.165, 1.54) is 26.5 Å². The molecular weight excluding hydrogens is 222 g/mol. The molecule has 0 atom stereocenters. The number of aromatic nitrogens is 2. The number of H-pyrrole nitrogens is 1. The zero-order chi connectivity index (χ0) is 12.4. The Labute approximate surface area is 98.0 Å². The van der Waals surface area contributed by atoms with Crippen LogP contribution in [0, 0.1) is 0 Å². The summed E-state index contributed by atoms with van der Waals surface area (Å²) >= 11 is 0. The van der Waals surface area contributed by atoms with Crippen LogP contribution in [0.1, 0.15) is 0 Å². The first-order valence-corrected chi connectivity index (χ1v) is 4.92. The van der Waals surface area contributed by atoms with Crippen LogP contribution < -0.4 is 15.2 Å². The van der Waals surface area contributed by atoms with Crippen LogP contribution in [0.4, 0.5) is 5.82 Å². The maximum atomic E-state index is 9.91. The number of rotatable bonds is 3. The highest BCUT2D eigenvalue weighted by Crippen LogP contribution is 2.45. The van der Waals surface area contributed by atoms with Crippen LogP contribution in [-0.2, 0) is 0 Å². The first-order valence-electron chi connectivity index (χ1n) is 4.92. The topological polar surface area (TPSA) is 93.4 Å². The van der Waals surface area contributed by atoms with E-state index in [1.807, 2.05) is 0 Å². The molecule has 1 aromatic heterocycles. The molecule has 0 radical (unpaired) electrons. The summed E-state index contributed by atoms with van der Waals surface area (Å²) in [4.78, 5) is 0. The fraction of sp³-hybridized carbons (Fsp3) is 0.182. The molecule has 6 heteroatoms. The number of aromatic amines is 1. The van der Waals surface area contributed by atoms with Crippen LogP contribution in [0.5, 0.6) is 17.2 Å². The number of nitrogens with one attached hydrogen (secondary N) is 1. The largest absolute Gasteiger partial charge is 0.507 e. The number of aromatic hydroxyl groups is 1. The quantitative estimate of drug-likeness (QED) is 0.747. The van der Waals surface area contributed by atoms with Gasteiger partial charge in [-0.15, -0.1) is 0 Å². The van der Waals surface area contributed by atoms with Gasteiger partial charge in [0.1, 0.15) is 11.6 Å². The molecule has 0 aliphatic carbocycles. The molecule has 0 aliphatic heterocycles. The molecule has 0 unspecified atom stereocenters. The van der Waals surface area contributed by atoms with Gasteiger partial charge in [0.05, 0.1) is 31.5 Å². The van der Waals surface area contributed by atoms with Crippen molar-refractivity contribution in [3.63, 3.8) is 0 Å². The van der Waals surface area contributed by atoms with Gasteiger partial charge < -0.3 is 20.3 Å². The summed E-state index contributed by atoms with van der Waals surface area (Å²) in [5, 5.41) is 16.3. The van der Waals surface area contributed by atoms with Gasteiger partial charge in [-0.1, -0.05) is 0 Å². The van der Waals surface area contributed by atoms with Crippen molar-refractivity contribution in [2.75, 3.05) is 20.0 Å². The Hall–Kier alpha value is -2.37. The molecule has 6 nitrogen and oxygen atoms in total. The summed E-state index contributed by atoms with van der Waals surface area (Å²) < 4.78 is 10.4. The van der Waals surface area contributed by atoms with E-state index >= 15 is 0 Å². The van der Waals surface area contributed by atoms with Gasteiger partial charge in [0.25, 0.3) is 0 Å². The number of methoxy groups -OCH3 is 2. The molecule has 1 heterocycles. The molecule has 2 aromatic rings. The number of hydrogen-bond donors (Lipinski definition) is 3. The van der Waals surface area contributed by atoms with Crippen molar-refractivity contribution in [3.8, 4) is 28.4 Å². The Morgan fingerprint density at radius 1 is 1.29 bits per heavy atom. The van der Waals surface area contributed by atoms with Crippen LogP contribution in [0.15, 0.2) is 18.3 Å². The molecule has 1 aromatic carbocycles. The summed E-state index contributed by atoms with van der Waals surface area (Å²) in [6.07, 6.45) is 1.52. The summed E-state index contributed by atoms with van der Waals surface area (Å²) in [6.45, 7) is 0. The number of anilines is 1. The molecule has 0 saturated heterocycles. The van der Waals surface area contributed by atoms with Gasteiger partial charge in [0.2, 0.25) is 0 Å². The second-order valence-corrected chi connectivity index (χ2v) is 3.39. The van der Waals surface area contributed by atoms with E-state index in [9.17, 15) is 5.11 Å². The third kappa shape index (κ3) is 1.73. The first kappa shape index (κ1) is 11.1. The Kier molecular flexibility index (Phi) is 2.78. The van der Waals surface area contributed by atoms with E-state index < -0.39 is 0 Å². The molecule has 2 rings (SSSR count). The lowest BCUT2D eigenvalue weighted by molar-refractivity contribution is 0.353. The van der Waals surface area contributed by atoms with E-state index in [1.54, 1.807) is 6.07 Å². The summed E-state index contributed by atoms with van der Waals surface area (Å²) in [7, 11) is 3.02. The Morgan fingerprint density at radius 2 is 2.06 bits per heavy atom. The van der Waals surface area contributed by atoms with Gasteiger partial charge in [-0.25, -0.2) is 0 Å². The number of nitrogens with zero attached hydrogens (tertiary/aromatic N) is 1. The molecular formula is C11H13N3O3. The number of hydrogen-bond acceptors (Lipinski definition) is 5. The first-order chi connectivity index (χ1) is 8.19. The normalized spacial score (nSPS) is 10.2. The van der Waals surface area contributed by atoms with Crippen LogP contribution >= 0.6 is 0 Å². The van der Waals surface area contributed by atoms with Crippen molar-refractivity contribution >= 4 is 5.82 Å². The highest BCUT2D eigenvalue weighted by molar-refractivity contribution is 5.84. The van der Waals surface area contributed by atoms with Crippen molar-refractivity contribution in [3.05, 3.63) is 18.3 Å². The average molecular weight is 235 g/mol. The second-order valence-electron chi connectivity index (χ2n) is 3.39. The van der Waals surface area contributed by atoms with Crippen LogP contribution in [0.25, 0.3) is 11.1 Å². The zero-order valence-electron chi connectivity index (χ0n) is 9.52. The van der Waals surface area contributed by atoms with Gasteiger partial charge in [-0.05, 0) is 12.1 Å². The predicted molar refractivity (Wildman–Crippen MR) is 63.2 cm³/mol. The van der Waals surface area contributed by atoms with Crippen LogP contribution in [0.3, 0.4) is 0 Å². The Balaban J connectivity index is 2.71. The van der Waals surface area contributed by atoms with E-state index in [4.69, 9.17) is 15.2 Å². The number of benzene rings is 1. The molecule has 0 saturated carbocycles. The summed E-state index contributed by atoms with van der Waals surface area (Å²) in [6, 6.07) is 3.14. The zero-order valence-corrected chi connectivity index (χ0v) is 9.52. The molecule has 0 spiro atoms. The molecule has 17 heavy (non-hydrogen) atoms. The number of nitrogens with two attached hydrogens (primary N) is 1. The molecule has 4 N–H and O–H groups in total. The van der Waals surface area contributed by atoms with Crippen LogP contribution in [0.2, 0.25) is 0 Å². The number of phenols is 1. The maximum absolute atomic E-state index is 9.91. The van der Waals surface area contributed by atoms with Crippen molar-refractivity contribution in [1.29, 1.82) is 0 Å². The summed E-state index contributed by atoms with van der Waals surface area (Å²) in [5.74, 6) is 1.34. The van der Waals surface area contributed by atoms with Crippen molar-refractivity contribution in [1.82, 2.24) is 10.2 Å². The Bertz CT molecular complexity index is 537. The lowest BCUT2D eigenvalue weighted by Gasteiger charge is -2.13. The average Bonchev–Trinajstić information content (AvgIpc) is 2.74. The third-order valence-corrected chi connectivity index (χ3v) is 2.46. The van der Waals surface area contributed by atoms with E-state index in [0.717, 1.165) is 0 Å². The standard InChI is InChI=1S/C11H13N3O3/c1-16-8-4-3-7(15)9(10(8)17-2)6-5-13-14-11(6)12/h3-5,15H,1-2H3,(H3,12,13,14). The third-order valence-electron chi connectivity index (χ3n) is 2.46. The molecule has 90 valence electrons. The van der Waals surface area contributed by atoms with Gasteiger partial charge in [-0.3, -0.25) is 5.10 Å². The van der Waals surface area contributed by atoms with Gasteiger partial charge in [0.15, 0.2) is 11.5 Å². The molecule has 0 fully saturated rings. The minimum absolute atomic E-state index is 0.0516. The maximum Gasteiger partial charge on any atom is 0.172 e. The van der Waals surface area contributed by atoms with Crippen molar-refractivity contribution in [2.45, 2.75) is 0 Å². The van der Waals surface area contributed by atoms with Crippen LogP contribution in [-0.4, -0.2) is 29.5 Å². The SMILES string of the molecule is COc1ccc(O)c(-c2cn[nH]c2N)c1OC. The molecule has 0 amide bonds. The van der Waals surface area contributed by atoms with Gasteiger partial charge in [0, 0.05) is 0 Å². The highest BCUT2D eigenvalue weighted by Gasteiger charge is 2.19. The van der Waals surface area contributed by atoms with E-state index in [2.05, 4.69) is 10.2 Å². The summed E-state index contributed by atoms with van der Waals surface area (Å²) in [5.41, 5.74) is 6.76. The lowest BCUT2D eigenvalue weighted by Crippen LogP contribution is -1.95. The monoisotopic (exact) mass is 235 g/mol. The number of nitrogen functional groups attached to an aromatic ring is 1. The van der Waals surface area contributed by atoms with Gasteiger partial charge >= 0.3 is 0 Å². The van der Waals surface area contributed by atoms with E-state index in [0.29, 0.717) is 28.4 Å². The van der Waals surface area contributed by atoms with E-state index in [-0.39, 0.29) is 5.75 Å². The minimum Gasteiger partial charge on any atom is -0.507 e. The molecule has 0 bridgehead atoms. The minimum atomic E-state index is 0.0516. The Morgan fingerprint density at radius 3 is 2.59 bits per heavy atom. The molecule has 0 aliphatic rings. The second kappa shape index (κ2) is 4.25. The number of ether oxygens (including phenoxy) is 2. The van der Waals surface area contributed by atoms with Crippen molar-refractivity contribution < 1.29 is 14.6 Å². The fourth-order valence-electron chi connectivity index (χ4n) is 1.67. The smallest absolute Gasteiger partial charge is 0.172 e.